The molecule has 2 aromatic rings. The van der Waals surface area contributed by atoms with Crippen LogP contribution >= 0.6 is 23.6 Å². The molecule has 136 valence electrons. The molecule has 0 unspecified atom stereocenters. The van der Waals surface area contributed by atoms with Crippen LogP contribution in [0.3, 0.4) is 0 Å². The van der Waals surface area contributed by atoms with E-state index in [0.29, 0.717) is 17.2 Å². The highest BCUT2D eigenvalue weighted by atomic mass is 32.1. The molecule has 25 heavy (non-hydrogen) atoms. The Hall–Kier alpha value is -1.93. The van der Waals surface area contributed by atoms with Crippen molar-refractivity contribution >= 4 is 39.6 Å². The second-order valence-corrected chi connectivity index (χ2v) is 7.65. The van der Waals surface area contributed by atoms with Gasteiger partial charge in [-0.1, -0.05) is 0 Å². The molecule has 0 aromatic carbocycles. The van der Waals surface area contributed by atoms with Crippen LogP contribution in [0.1, 0.15) is 37.7 Å². The Morgan fingerprint density at radius 3 is 2.52 bits per heavy atom. The van der Waals surface area contributed by atoms with E-state index in [-0.39, 0.29) is 5.97 Å². The van der Waals surface area contributed by atoms with E-state index < -0.39 is 0 Å². The number of aromatic nitrogens is 2. The quantitative estimate of drug-likeness (QED) is 0.649. The summed E-state index contributed by atoms with van der Waals surface area (Å²) in [7, 11) is 5.24. The number of anilines is 1. The average Bonchev–Trinajstić information content (AvgIpc) is 2.96. The van der Waals surface area contributed by atoms with Crippen LogP contribution in [0.25, 0.3) is 0 Å². The molecule has 2 rings (SSSR count). The van der Waals surface area contributed by atoms with Gasteiger partial charge in [0.05, 0.1) is 18.4 Å². The first-order valence-corrected chi connectivity index (χ1v) is 9.09. The van der Waals surface area contributed by atoms with Crippen molar-refractivity contribution in [3.63, 3.8) is 0 Å². The van der Waals surface area contributed by atoms with Gasteiger partial charge in [0.15, 0.2) is 5.11 Å². The van der Waals surface area contributed by atoms with Crippen molar-refractivity contribution in [2.24, 2.45) is 7.05 Å². The van der Waals surface area contributed by atoms with Crippen LogP contribution in [0, 0.1) is 27.7 Å². The minimum absolute atomic E-state index is 0.353. The van der Waals surface area contributed by atoms with Crippen molar-refractivity contribution in [3.05, 3.63) is 33.0 Å². The minimum Gasteiger partial charge on any atom is -0.465 e. The first-order chi connectivity index (χ1) is 11.7. The van der Waals surface area contributed by atoms with E-state index >= 15 is 0 Å². The van der Waals surface area contributed by atoms with Gasteiger partial charge in [-0.2, -0.15) is 5.10 Å². The SMILES string of the molecule is COC(=O)c1c(NC(=S)N(C)Cc2c(C)nn(C)c2C)sc(C)c1C. The highest BCUT2D eigenvalue weighted by molar-refractivity contribution is 7.80. The summed E-state index contributed by atoms with van der Waals surface area (Å²) >= 11 is 7.03. The minimum atomic E-state index is -0.353. The number of thiophene rings is 1. The standard InChI is InChI=1S/C17H24N4O2S2/c1-9-12(4)25-15(14(9)16(22)23-7)18-17(24)20(5)8-13-10(2)19-21(6)11(13)3/h8H2,1-7H3,(H,18,24). The van der Waals surface area contributed by atoms with E-state index in [2.05, 4.69) is 10.4 Å². The van der Waals surface area contributed by atoms with Gasteiger partial charge in [0.25, 0.3) is 0 Å². The molecule has 2 aromatic heterocycles. The fourth-order valence-electron chi connectivity index (χ4n) is 2.61. The molecular weight excluding hydrogens is 356 g/mol. The van der Waals surface area contributed by atoms with Gasteiger partial charge >= 0.3 is 5.97 Å². The number of esters is 1. The van der Waals surface area contributed by atoms with Crippen LogP contribution in [0.15, 0.2) is 0 Å². The van der Waals surface area contributed by atoms with Crippen LogP contribution in [0.5, 0.6) is 0 Å². The third-order valence-corrected chi connectivity index (χ3v) is 5.93. The van der Waals surface area contributed by atoms with Gasteiger partial charge in [0.1, 0.15) is 5.00 Å². The molecule has 0 aliphatic rings. The van der Waals surface area contributed by atoms with E-state index in [9.17, 15) is 4.79 Å². The third kappa shape index (κ3) is 3.85. The maximum Gasteiger partial charge on any atom is 0.341 e. The summed E-state index contributed by atoms with van der Waals surface area (Å²) in [6.45, 7) is 8.58. The molecule has 0 saturated carbocycles. The van der Waals surface area contributed by atoms with Crippen molar-refractivity contribution in [1.82, 2.24) is 14.7 Å². The van der Waals surface area contributed by atoms with Gasteiger partial charge in [-0.05, 0) is 45.5 Å². The number of methoxy groups -OCH3 is 1. The first kappa shape index (κ1) is 19.4. The molecule has 0 amide bonds. The largest absolute Gasteiger partial charge is 0.465 e. The van der Waals surface area contributed by atoms with E-state index in [1.807, 2.05) is 51.4 Å². The molecule has 0 aliphatic heterocycles. The van der Waals surface area contributed by atoms with Crippen LogP contribution in [-0.2, 0) is 18.3 Å². The molecule has 2 heterocycles. The van der Waals surface area contributed by atoms with Gasteiger partial charge < -0.3 is 15.0 Å². The number of ether oxygens (including phenoxy) is 1. The fourth-order valence-corrected chi connectivity index (χ4v) is 3.89. The highest BCUT2D eigenvalue weighted by Crippen LogP contribution is 2.33. The fraction of sp³-hybridized carbons (Fsp3) is 0.471. The van der Waals surface area contributed by atoms with Crippen molar-refractivity contribution in [1.29, 1.82) is 0 Å². The Morgan fingerprint density at radius 1 is 1.36 bits per heavy atom. The lowest BCUT2D eigenvalue weighted by Crippen LogP contribution is -2.31. The molecule has 0 saturated heterocycles. The van der Waals surface area contributed by atoms with Gasteiger partial charge in [-0.15, -0.1) is 11.3 Å². The van der Waals surface area contributed by atoms with E-state index in [1.165, 1.54) is 18.4 Å². The van der Waals surface area contributed by atoms with Crippen LogP contribution in [0.2, 0.25) is 0 Å². The summed E-state index contributed by atoms with van der Waals surface area (Å²) in [4.78, 5) is 15.1. The smallest absolute Gasteiger partial charge is 0.341 e. The summed E-state index contributed by atoms with van der Waals surface area (Å²) in [6, 6.07) is 0. The maximum absolute atomic E-state index is 12.1. The van der Waals surface area contributed by atoms with Gasteiger partial charge in [0.2, 0.25) is 0 Å². The van der Waals surface area contributed by atoms with Crippen LogP contribution in [-0.4, -0.2) is 39.9 Å². The molecule has 0 spiro atoms. The maximum atomic E-state index is 12.1. The molecular formula is C17H24N4O2S2. The summed E-state index contributed by atoms with van der Waals surface area (Å²) in [5, 5.41) is 8.91. The Labute approximate surface area is 157 Å². The molecule has 1 N–H and O–H groups in total. The van der Waals surface area contributed by atoms with Gasteiger partial charge in [-0.3, -0.25) is 4.68 Å². The Kier molecular flexibility index (Phi) is 5.84. The Morgan fingerprint density at radius 2 is 2.00 bits per heavy atom. The topological polar surface area (TPSA) is 59.4 Å². The van der Waals surface area contributed by atoms with Crippen molar-refractivity contribution in [3.8, 4) is 0 Å². The summed E-state index contributed by atoms with van der Waals surface area (Å²) in [6.07, 6.45) is 0. The Bertz CT molecular complexity index is 823. The molecule has 8 heteroatoms. The second kappa shape index (κ2) is 7.53. The normalized spacial score (nSPS) is 10.7. The highest BCUT2D eigenvalue weighted by Gasteiger charge is 2.22. The lowest BCUT2D eigenvalue weighted by Gasteiger charge is -2.21. The lowest BCUT2D eigenvalue weighted by atomic mass is 10.1. The molecule has 0 radical (unpaired) electrons. The number of rotatable bonds is 4. The zero-order valence-electron chi connectivity index (χ0n) is 15.7. The van der Waals surface area contributed by atoms with E-state index in [0.717, 1.165) is 32.4 Å². The predicted molar refractivity (Wildman–Crippen MR) is 106 cm³/mol. The average molecular weight is 381 g/mol. The Balaban J connectivity index is 2.19. The molecule has 0 aliphatic carbocycles. The molecule has 6 nitrogen and oxygen atoms in total. The summed E-state index contributed by atoms with van der Waals surface area (Å²) < 4.78 is 6.77. The number of carbonyl (C=O) groups excluding carboxylic acids is 1. The van der Waals surface area contributed by atoms with E-state index in [4.69, 9.17) is 17.0 Å². The molecule has 0 bridgehead atoms. The predicted octanol–water partition coefficient (Wildman–Crippen LogP) is 3.33. The number of aryl methyl sites for hydroxylation is 3. The second-order valence-electron chi connectivity index (χ2n) is 6.04. The van der Waals surface area contributed by atoms with E-state index in [1.54, 1.807) is 0 Å². The zero-order chi connectivity index (χ0) is 18.9. The van der Waals surface area contributed by atoms with Crippen molar-refractivity contribution in [2.75, 3.05) is 19.5 Å². The summed E-state index contributed by atoms with van der Waals surface area (Å²) in [5.41, 5.74) is 4.73. The molecule has 0 fully saturated rings. The molecule has 0 atom stereocenters. The van der Waals surface area contributed by atoms with Gasteiger partial charge in [-0.25, -0.2) is 4.79 Å². The number of hydrogen-bond acceptors (Lipinski definition) is 5. The third-order valence-electron chi connectivity index (χ3n) is 4.40. The monoisotopic (exact) mass is 380 g/mol. The van der Waals surface area contributed by atoms with Crippen molar-refractivity contribution < 1.29 is 9.53 Å². The zero-order valence-corrected chi connectivity index (χ0v) is 17.3. The van der Waals surface area contributed by atoms with Crippen molar-refractivity contribution in [2.45, 2.75) is 34.2 Å². The number of thiocarbonyl (C=S) groups is 1. The van der Waals surface area contributed by atoms with Crippen LogP contribution < -0.4 is 5.32 Å². The first-order valence-electron chi connectivity index (χ1n) is 7.86. The number of nitrogens with one attached hydrogen (secondary N) is 1. The lowest BCUT2D eigenvalue weighted by molar-refractivity contribution is 0.0601. The van der Waals surface area contributed by atoms with Crippen LogP contribution in [0.4, 0.5) is 5.00 Å². The van der Waals surface area contributed by atoms with Gasteiger partial charge in [0, 0.05) is 36.8 Å². The number of carbonyl (C=O) groups is 1. The number of hydrogen-bond donors (Lipinski definition) is 1. The summed E-state index contributed by atoms with van der Waals surface area (Å²) in [5.74, 6) is -0.353. The number of nitrogens with zero attached hydrogens (tertiary/aromatic N) is 3.